The molecule has 0 fully saturated rings. The van der Waals surface area contributed by atoms with E-state index >= 15 is 0 Å². The van der Waals surface area contributed by atoms with Crippen molar-refractivity contribution in [1.82, 2.24) is 15.0 Å². The minimum absolute atomic E-state index is 0.616. The molecule has 0 atom stereocenters. The zero-order valence-corrected chi connectivity index (χ0v) is 27.3. The van der Waals surface area contributed by atoms with Crippen molar-refractivity contribution in [3.8, 4) is 34.2 Å². The van der Waals surface area contributed by atoms with Gasteiger partial charge in [0.05, 0.1) is 0 Å². The molecular formula is C45H33N5. The summed E-state index contributed by atoms with van der Waals surface area (Å²) >= 11 is 0. The first-order chi connectivity index (χ1) is 24.8. The Kier molecular flexibility index (Phi) is 8.60. The molecule has 0 aliphatic carbocycles. The Bertz CT molecular complexity index is 2060. The lowest BCUT2D eigenvalue weighted by Gasteiger charge is -2.25. The second-order valence-electron chi connectivity index (χ2n) is 11.8. The molecule has 50 heavy (non-hydrogen) atoms. The zero-order valence-electron chi connectivity index (χ0n) is 27.3. The highest BCUT2D eigenvalue weighted by atomic mass is 15.1. The summed E-state index contributed by atoms with van der Waals surface area (Å²) in [6.45, 7) is 0. The van der Waals surface area contributed by atoms with Crippen LogP contribution in [0.3, 0.4) is 0 Å². The fourth-order valence-electron chi connectivity index (χ4n) is 6.07. The number of aromatic nitrogens is 3. The molecule has 0 unspecified atom stereocenters. The summed E-state index contributed by atoms with van der Waals surface area (Å²) < 4.78 is 0. The van der Waals surface area contributed by atoms with E-state index in [0.29, 0.717) is 17.5 Å². The van der Waals surface area contributed by atoms with Crippen LogP contribution in [0.5, 0.6) is 0 Å². The fraction of sp³-hybridized carbons (Fsp3) is 0. The number of hydrogen-bond donors (Lipinski definition) is 0. The second-order valence-corrected chi connectivity index (χ2v) is 11.8. The van der Waals surface area contributed by atoms with Gasteiger partial charge in [0.2, 0.25) is 0 Å². The van der Waals surface area contributed by atoms with Crippen molar-refractivity contribution in [3.05, 3.63) is 200 Å². The monoisotopic (exact) mass is 643 g/mol. The smallest absolute Gasteiger partial charge is 0.164 e. The number of nitrogens with zero attached hydrogens (tertiary/aromatic N) is 5. The van der Waals surface area contributed by atoms with Gasteiger partial charge in [0.25, 0.3) is 0 Å². The third-order valence-corrected chi connectivity index (χ3v) is 8.49. The summed E-state index contributed by atoms with van der Waals surface area (Å²) in [4.78, 5) is 19.5. The molecule has 0 N–H and O–H groups in total. The van der Waals surface area contributed by atoms with E-state index in [1.807, 2.05) is 54.6 Å². The molecule has 7 aromatic carbocycles. The van der Waals surface area contributed by atoms with Crippen LogP contribution in [-0.4, -0.2) is 15.0 Å². The standard InChI is InChI=1S/C45H33N5/c1-6-16-34(17-7-1)43-46-44(35-26-30-41(31-27-35)49(37-18-8-2-9-19-37)38-20-10-3-11-21-38)48-45(47-43)36-28-32-42(33-29-36)50(39-22-12-4-13-23-39)40-24-14-5-15-25-40/h1-33H. The van der Waals surface area contributed by atoms with Gasteiger partial charge in [0, 0.05) is 50.8 Å². The molecule has 0 saturated heterocycles. The van der Waals surface area contributed by atoms with Crippen LogP contribution >= 0.6 is 0 Å². The predicted octanol–water partition coefficient (Wildman–Crippen LogP) is 11.8. The Morgan fingerprint density at radius 1 is 0.220 bits per heavy atom. The number of anilines is 6. The Hall–Kier alpha value is -6.85. The van der Waals surface area contributed by atoms with Crippen LogP contribution in [0, 0.1) is 0 Å². The maximum atomic E-state index is 5.03. The van der Waals surface area contributed by atoms with E-state index in [1.54, 1.807) is 0 Å². The molecule has 0 saturated carbocycles. The van der Waals surface area contributed by atoms with Crippen LogP contribution in [0.2, 0.25) is 0 Å². The van der Waals surface area contributed by atoms with E-state index in [4.69, 9.17) is 15.0 Å². The highest BCUT2D eigenvalue weighted by Crippen LogP contribution is 2.37. The van der Waals surface area contributed by atoms with Gasteiger partial charge in [-0.1, -0.05) is 103 Å². The number of hydrogen-bond acceptors (Lipinski definition) is 5. The van der Waals surface area contributed by atoms with Crippen LogP contribution < -0.4 is 9.80 Å². The molecule has 0 radical (unpaired) electrons. The molecule has 8 rings (SSSR count). The maximum absolute atomic E-state index is 5.03. The van der Waals surface area contributed by atoms with Crippen LogP contribution in [0.15, 0.2) is 200 Å². The summed E-state index contributed by atoms with van der Waals surface area (Å²) in [6, 6.07) is 68.5. The molecular weight excluding hydrogens is 611 g/mol. The normalized spacial score (nSPS) is 10.8. The van der Waals surface area contributed by atoms with Crippen molar-refractivity contribution < 1.29 is 0 Å². The third-order valence-electron chi connectivity index (χ3n) is 8.49. The highest BCUT2D eigenvalue weighted by Gasteiger charge is 2.16. The highest BCUT2D eigenvalue weighted by molar-refractivity contribution is 5.79. The van der Waals surface area contributed by atoms with Crippen molar-refractivity contribution in [2.75, 3.05) is 9.80 Å². The number of para-hydroxylation sites is 4. The van der Waals surface area contributed by atoms with Gasteiger partial charge in [0.15, 0.2) is 17.5 Å². The summed E-state index contributed by atoms with van der Waals surface area (Å²) in [6.07, 6.45) is 0. The Morgan fingerprint density at radius 2 is 0.440 bits per heavy atom. The average Bonchev–Trinajstić information content (AvgIpc) is 3.20. The molecule has 5 heteroatoms. The molecule has 238 valence electrons. The van der Waals surface area contributed by atoms with E-state index < -0.39 is 0 Å². The van der Waals surface area contributed by atoms with E-state index in [9.17, 15) is 0 Å². The molecule has 0 amide bonds. The van der Waals surface area contributed by atoms with Gasteiger partial charge < -0.3 is 9.80 Å². The molecule has 8 aromatic rings. The summed E-state index contributed by atoms with van der Waals surface area (Å²) in [5.41, 5.74) is 9.18. The van der Waals surface area contributed by atoms with E-state index in [1.165, 1.54) is 0 Å². The van der Waals surface area contributed by atoms with Crippen LogP contribution in [-0.2, 0) is 0 Å². The number of rotatable bonds is 9. The van der Waals surface area contributed by atoms with Crippen molar-refractivity contribution >= 4 is 34.1 Å². The minimum atomic E-state index is 0.616. The largest absolute Gasteiger partial charge is 0.311 e. The van der Waals surface area contributed by atoms with E-state index in [0.717, 1.165) is 50.8 Å². The van der Waals surface area contributed by atoms with Crippen LogP contribution in [0.1, 0.15) is 0 Å². The molecule has 1 heterocycles. The van der Waals surface area contributed by atoms with E-state index in [2.05, 4.69) is 155 Å². The zero-order chi connectivity index (χ0) is 33.5. The Labute approximate surface area is 292 Å². The second kappa shape index (κ2) is 14.1. The SMILES string of the molecule is c1ccc(-c2nc(-c3ccc(N(c4ccccc4)c4ccccc4)cc3)nc(-c3ccc(N(c4ccccc4)c4ccccc4)cc3)n2)cc1. The van der Waals surface area contributed by atoms with Gasteiger partial charge in [-0.15, -0.1) is 0 Å². The molecule has 0 spiro atoms. The first-order valence-electron chi connectivity index (χ1n) is 16.6. The fourth-order valence-corrected chi connectivity index (χ4v) is 6.07. The first kappa shape index (κ1) is 30.5. The summed E-state index contributed by atoms with van der Waals surface area (Å²) in [5, 5.41) is 0. The van der Waals surface area contributed by atoms with Gasteiger partial charge in [-0.25, -0.2) is 15.0 Å². The molecule has 0 aliphatic rings. The number of benzene rings is 7. The molecule has 0 aliphatic heterocycles. The Balaban J connectivity index is 1.18. The molecule has 0 bridgehead atoms. The predicted molar refractivity (Wildman–Crippen MR) is 206 cm³/mol. The van der Waals surface area contributed by atoms with Crippen LogP contribution in [0.25, 0.3) is 34.2 Å². The van der Waals surface area contributed by atoms with Crippen LogP contribution in [0.4, 0.5) is 34.1 Å². The molecule has 1 aromatic heterocycles. The lowest BCUT2D eigenvalue weighted by Crippen LogP contribution is -2.09. The van der Waals surface area contributed by atoms with Crippen molar-refractivity contribution in [2.24, 2.45) is 0 Å². The summed E-state index contributed by atoms with van der Waals surface area (Å²) in [5.74, 6) is 1.86. The van der Waals surface area contributed by atoms with Gasteiger partial charge >= 0.3 is 0 Å². The van der Waals surface area contributed by atoms with Gasteiger partial charge in [-0.3, -0.25) is 0 Å². The van der Waals surface area contributed by atoms with Crippen molar-refractivity contribution in [1.29, 1.82) is 0 Å². The Morgan fingerprint density at radius 3 is 0.720 bits per heavy atom. The lowest BCUT2D eigenvalue weighted by molar-refractivity contribution is 1.07. The van der Waals surface area contributed by atoms with Gasteiger partial charge in [-0.2, -0.15) is 0 Å². The maximum Gasteiger partial charge on any atom is 0.164 e. The quantitative estimate of drug-likeness (QED) is 0.157. The topological polar surface area (TPSA) is 45.2 Å². The lowest BCUT2D eigenvalue weighted by atomic mass is 10.1. The minimum Gasteiger partial charge on any atom is -0.311 e. The third kappa shape index (κ3) is 6.48. The van der Waals surface area contributed by atoms with Gasteiger partial charge in [-0.05, 0) is 97.1 Å². The average molecular weight is 644 g/mol. The van der Waals surface area contributed by atoms with Crippen molar-refractivity contribution in [3.63, 3.8) is 0 Å². The molecule has 5 nitrogen and oxygen atoms in total. The van der Waals surface area contributed by atoms with E-state index in [-0.39, 0.29) is 0 Å². The van der Waals surface area contributed by atoms with Crippen molar-refractivity contribution in [2.45, 2.75) is 0 Å². The van der Waals surface area contributed by atoms with Gasteiger partial charge in [0.1, 0.15) is 0 Å². The summed E-state index contributed by atoms with van der Waals surface area (Å²) in [7, 11) is 0. The first-order valence-corrected chi connectivity index (χ1v) is 16.6.